The molecular weight excluding hydrogens is 216 g/mol. The summed E-state index contributed by atoms with van der Waals surface area (Å²) in [6.45, 7) is 3.88. The highest BCUT2D eigenvalue weighted by Crippen LogP contribution is 2.11. The monoisotopic (exact) mass is 232 g/mol. The number of hydrogen-bond donors (Lipinski definition) is 1. The van der Waals surface area contributed by atoms with Gasteiger partial charge in [-0.25, -0.2) is 4.98 Å². The summed E-state index contributed by atoms with van der Waals surface area (Å²) in [4.78, 5) is 4.27. The number of nitrogens with zero attached hydrogens (tertiary/aromatic N) is 1. The Bertz CT molecular complexity index is 310. The van der Waals surface area contributed by atoms with E-state index in [4.69, 9.17) is 5.73 Å². The molecule has 2 N–H and O–H groups in total. The molecule has 2 atom stereocenters. The van der Waals surface area contributed by atoms with Crippen LogP contribution >= 0.6 is 11.3 Å². The number of nitrogens with two attached hydrogens (primary N) is 1. The van der Waals surface area contributed by atoms with Crippen molar-refractivity contribution in [3.05, 3.63) is 16.1 Å². The van der Waals surface area contributed by atoms with E-state index >= 15 is 0 Å². The zero-order valence-electron chi connectivity index (χ0n) is 8.53. The Kier molecular flexibility index (Phi) is 4.71. The smallest absolute Gasteiger partial charge is 0.105 e. The van der Waals surface area contributed by atoms with E-state index in [1.807, 2.05) is 19.2 Å². The molecule has 1 aromatic heterocycles. The van der Waals surface area contributed by atoms with Gasteiger partial charge in [0.2, 0.25) is 0 Å². The molecule has 2 unspecified atom stereocenters. The van der Waals surface area contributed by atoms with Gasteiger partial charge in [-0.3, -0.25) is 4.21 Å². The van der Waals surface area contributed by atoms with E-state index in [9.17, 15) is 4.21 Å². The Balaban J connectivity index is 2.34. The molecule has 5 heteroatoms. The zero-order valence-corrected chi connectivity index (χ0v) is 10.2. The maximum Gasteiger partial charge on any atom is 0.105 e. The van der Waals surface area contributed by atoms with Crippen LogP contribution in [0.1, 0.15) is 24.0 Å². The van der Waals surface area contributed by atoms with Gasteiger partial charge in [0.05, 0.1) is 5.75 Å². The highest BCUT2D eigenvalue weighted by molar-refractivity contribution is 7.84. The molecule has 1 aromatic rings. The van der Waals surface area contributed by atoms with Crippen LogP contribution in [-0.4, -0.2) is 21.0 Å². The van der Waals surface area contributed by atoms with Crippen LogP contribution in [0.15, 0.2) is 5.38 Å². The van der Waals surface area contributed by atoms with Crippen LogP contribution in [0.5, 0.6) is 0 Å². The van der Waals surface area contributed by atoms with Crippen LogP contribution in [0.25, 0.3) is 0 Å². The Hall–Kier alpha value is -0.260. The highest BCUT2D eigenvalue weighted by atomic mass is 32.2. The molecule has 1 rings (SSSR count). The molecule has 0 saturated heterocycles. The van der Waals surface area contributed by atoms with Crippen molar-refractivity contribution in [2.45, 2.75) is 32.1 Å². The lowest BCUT2D eigenvalue weighted by Crippen LogP contribution is -2.18. The minimum Gasteiger partial charge on any atom is -0.328 e. The molecule has 0 fully saturated rings. The summed E-state index contributed by atoms with van der Waals surface area (Å²) in [5.74, 6) is 1.25. The minimum atomic E-state index is -0.810. The van der Waals surface area contributed by atoms with Crippen LogP contribution in [0.2, 0.25) is 0 Å². The topological polar surface area (TPSA) is 56.0 Å². The number of rotatable bonds is 5. The van der Waals surface area contributed by atoms with E-state index in [1.165, 1.54) is 0 Å². The maximum absolute atomic E-state index is 11.5. The van der Waals surface area contributed by atoms with Gasteiger partial charge in [0, 0.05) is 33.7 Å². The fraction of sp³-hybridized carbons (Fsp3) is 0.667. The molecule has 0 amide bonds. The van der Waals surface area contributed by atoms with Gasteiger partial charge in [-0.05, 0) is 20.3 Å². The first-order valence-corrected chi connectivity index (χ1v) is 6.96. The lowest BCUT2D eigenvalue weighted by Gasteiger charge is -2.03. The number of aromatic nitrogens is 1. The van der Waals surface area contributed by atoms with Gasteiger partial charge in [-0.1, -0.05) is 0 Å². The van der Waals surface area contributed by atoms with Gasteiger partial charge in [0.1, 0.15) is 5.01 Å². The van der Waals surface area contributed by atoms with Gasteiger partial charge >= 0.3 is 0 Å². The van der Waals surface area contributed by atoms with Crippen LogP contribution in [-0.2, 0) is 16.6 Å². The van der Waals surface area contributed by atoms with E-state index in [0.717, 1.165) is 17.1 Å². The largest absolute Gasteiger partial charge is 0.328 e. The van der Waals surface area contributed by atoms with Gasteiger partial charge in [-0.2, -0.15) is 0 Å². The summed E-state index contributed by atoms with van der Waals surface area (Å²) in [6.07, 6.45) is 0.816. The van der Waals surface area contributed by atoms with Crippen molar-refractivity contribution >= 4 is 22.1 Å². The molecule has 0 aliphatic heterocycles. The Morgan fingerprint density at radius 3 is 2.93 bits per heavy atom. The lowest BCUT2D eigenvalue weighted by molar-refractivity contribution is 0.667. The SMILES string of the molecule is Cc1csc(CS(=O)CCC(C)N)n1. The van der Waals surface area contributed by atoms with Crippen molar-refractivity contribution in [3.63, 3.8) is 0 Å². The standard InChI is InChI=1S/C9H16N2OS2/c1-7(10)3-4-14(12)6-9-11-8(2)5-13-9/h5,7H,3-4,6,10H2,1-2H3. The highest BCUT2D eigenvalue weighted by Gasteiger charge is 2.06. The summed E-state index contributed by atoms with van der Waals surface area (Å²) in [7, 11) is -0.810. The van der Waals surface area contributed by atoms with Crippen molar-refractivity contribution in [1.29, 1.82) is 0 Å². The molecule has 80 valence electrons. The fourth-order valence-electron chi connectivity index (χ4n) is 0.996. The van der Waals surface area contributed by atoms with E-state index in [1.54, 1.807) is 11.3 Å². The average molecular weight is 232 g/mol. The quantitative estimate of drug-likeness (QED) is 0.835. The minimum absolute atomic E-state index is 0.136. The third-order valence-electron chi connectivity index (χ3n) is 1.75. The van der Waals surface area contributed by atoms with Crippen LogP contribution in [0, 0.1) is 6.92 Å². The summed E-state index contributed by atoms with van der Waals surface area (Å²) >= 11 is 1.58. The van der Waals surface area contributed by atoms with E-state index in [2.05, 4.69) is 4.98 Å². The lowest BCUT2D eigenvalue weighted by atomic mass is 10.3. The predicted molar refractivity (Wildman–Crippen MR) is 61.8 cm³/mol. The molecule has 0 saturated carbocycles. The Morgan fingerprint density at radius 2 is 2.43 bits per heavy atom. The molecule has 0 aromatic carbocycles. The molecular formula is C9H16N2OS2. The summed E-state index contributed by atoms with van der Waals surface area (Å²) in [5, 5.41) is 2.95. The third-order valence-corrected chi connectivity index (χ3v) is 4.19. The predicted octanol–water partition coefficient (Wildman–Crippen LogP) is 1.44. The van der Waals surface area contributed by atoms with Crippen molar-refractivity contribution in [2.75, 3.05) is 5.75 Å². The van der Waals surface area contributed by atoms with Crippen LogP contribution in [0.4, 0.5) is 0 Å². The average Bonchev–Trinajstić information content (AvgIpc) is 2.48. The van der Waals surface area contributed by atoms with Gasteiger partial charge < -0.3 is 5.73 Å². The first kappa shape index (κ1) is 11.8. The second-order valence-electron chi connectivity index (χ2n) is 3.44. The van der Waals surface area contributed by atoms with E-state index in [-0.39, 0.29) is 6.04 Å². The Labute approximate surface area is 91.2 Å². The van der Waals surface area contributed by atoms with Crippen molar-refractivity contribution in [1.82, 2.24) is 4.98 Å². The second-order valence-corrected chi connectivity index (χ2v) is 5.96. The number of hydrogen-bond acceptors (Lipinski definition) is 4. The Morgan fingerprint density at radius 1 is 1.71 bits per heavy atom. The third kappa shape index (κ3) is 4.30. The summed E-state index contributed by atoms with van der Waals surface area (Å²) in [5.41, 5.74) is 6.60. The van der Waals surface area contributed by atoms with Gasteiger partial charge in [0.25, 0.3) is 0 Å². The van der Waals surface area contributed by atoms with E-state index < -0.39 is 10.8 Å². The molecule has 0 radical (unpaired) electrons. The molecule has 0 spiro atoms. The molecule has 0 aliphatic carbocycles. The fourth-order valence-corrected chi connectivity index (χ4v) is 3.34. The molecule has 0 aliphatic rings. The van der Waals surface area contributed by atoms with Crippen molar-refractivity contribution < 1.29 is 4.21 Å². The van der Waals surface area contributed by atoms with Gasteiger partial charge in [-0.15, -0.1) is 11.3 Å². The van der Waals surface area contributed by atoms with E-state index in [0.29, 0.717) is 11.5 Å². The second kappa shape index (κ2) is 5.58. The number of thiazole rings is 1. The molecule has 1 heterocycles. The summed E-state index contributed by atoms with van der Waals surface area (Å²) in [6, 6.07) is 0.136. The number of aryl methyl sites for hydroxylation is 1. The normalized spacial score (nSPS) is 15.4. The van der Waals surface area contributed by atoms with Crippen LogP contribution in [0.3, 0.4) is 0 Å². The first-order valence-electron chi connectivity index (χ1n) is 4.59. The summed E-state index contributed by atoms with van der Waals surface area (Å²) < 4.78 is 11.5. The zero-order chi connectivity index (χ0) is 10.6. The van der Waals surface area contributed by atoms with Crippen LogP contribution < -0.4 is 5.73 Å². The first-order chi connectivity index (χ1) is 6.58. The molecule has 0 bridgehead atoms. The van der Waals surface area contributed by atoms with Crippen molar-refractivity contribution in [3.8, 4) is 0 Å². The molecule has 14 heavy (non-hydrogen) atoms. The molecule has 3 nitrogen and oxygen atoms in total. The van der Waals surface area contributed by atoms with Crippen molar-refractivity contribution in [2.24, 2.45) is 5.73 Å². The van der Waals surface area contributed by atoms with Gasteiger partial charge in [0.15, 0.2) is 0 Å². The maximum atomic E-state index is 11.5.